The molecule has 0 N–H and O–H groups in total. The van der Waals surface area contributed by atoms with Crippen LogP contribution in [0.3, 0.4) is 0 Å². The molecule has 2 aliphatic heterocycles. The Labute approximate surface area is 142 Å². The van der Waals surface area contributed by atoms with E-state index < -0.39 is 0 Å². The normalized spacial score (nSPS) is 23.8. The van der Waals surface area contributed by atoms with Crippen LogP contribution < -0.4 is 0 Å². The number of rotatable bonds is 2. The standard InChI is InChI=1S/C21H22N2O/c24-21-20(11-12-23(21)17-9-10-17)22-13-15-5-1-3-7-18(15)19-8-4-2-6-16(19)14-22/h1-8,17,20H,9-14H2/t20-/m0/s1. The lowest BCUT2D eigenvalue weighted by atomic mass is 9.97. The van der Waals surface area contributed by atoms with Crippen LogP contribution in [0.15, 0.2) is 48.5 Å². The first-order valence-electron chi connectivity index (χ1n) is 9.02. The fourth-order valence-corrected chi connectivity index (χ4v) is 4.33. The molecule has 0 aromatic heterocycles. The average molecular weight is 318 g/mol. The molecule has 2 aromatic carbocycles. The molecule has 0 spiro atoms. The second kappa shape index (κ2) is 5.45. The molecule has 1 aliphatic carbocycles. The van der Waals surface area contributed by atoms with Gasteiger partial charge < -0.3 is 4.90 Å². The largest absolute Gasteiger partial charge is 0.338 e. The molecule has 2 heterocycles. The second-order valence-corrected chi connectivity index (χ2v) is 7.29. The summed E-state index contributed by atoms with van der Waals surface area (Å²) in [6, 6.07) is 17.9. The Hall–Kier alpha value is -2.13. The van der Waals surface area contributed by atoms with E-state index in [2.05, 4.69) is 58.3 Å². The van der Waals surface area contributed by atoms with Crippen LogP contribution in [-0.2, 0) is 17.9 Å². The number of carbonyl (C=O) groups is 1. The van der Waals surface area contributed by atoms with Gasteiger partial charge in [0.15, 0.2) is 0 Å². The van der Waals surface area contributed by atoms with Crippen LogP contribution in [0.25, 0.3) is 11.1 Å². The second-order valence-electron chi connectivity index (χ2n) is 7.29. The third-order valence-corrected chi connectivity index (χ3v) is 5.71. The number of nitrogens with zero attached hydrogens (tertiary/aromatic N) is 2. The molecule has 0 bridgehead atoms. The van der Waals surface area contributed by atoms with Gasteiger partial charge in [0, 0.05) is 25.7 Å². The van der Waals surface area contributed by atoms with Gasteiger partial charge in [0.25, 0.3) is 0 Å². The van der Waals surface area contributed by atoms with Crippen LogP contribution in [0, 0.1) is 0 Å². The molecular weight excluding hydrogens is 296 g/mol. The molecule has 0 radical (unpaired) electrons. The van der Waals surface area contributed by atoms with E-state index in [9.17, 15) is 4.79 Å². The minimum absolute atomic E-state index is 0.0461. The summed E-state index contributed by atoms with van der Waals surface area (Å²) in [7, 11) is 0. The number of hydrogen-bond donors (Lipinski definition) is 0. The van der Waals surface area contributed by atoms with E-state index >= 15 is 0 Å². The maximum absolute atomic E-state index is 12.9. The first-order valence-corrected chi connectivity index (χ1v) is 9.02. The maximum atomic E-state index is 12.9. The molecule has 3 heteroatoms. The first-order chi connectivity index (χ1) is 11.8. The van der Waals surface area contributed by atoms with Gasteiger partial charge in [-0.2, -0.15) is 0 Å². The van der Waals surface area contributed by atoms with E-state index in [-0.39, 0.29) is 6.04 Å². The van der Waals surface area contributed by atoms with Crippen molar-refractivity contribution in [3.63, 3.8) is 0 Å². The van der Waals surface area contributed by atoms with Crippen molar-refractivity contribution in [1.29, 1.82) is 0 Å². The molecule has 122 valence electrons. The first kappa shape index (κ1) is 14.2. The van der Waals surface area contributed by atoms with Crippen LogP contribution in [-0.4, -0.2) is 34.3 Å². The van der Waals surface area contributed by atoms with Gasteiger partial charge in [-0.1, -0.05) is 48.5 Å². The third-order valence-electron chi connectivity index (χ3n) is 5.71. The summed E-state index contributed by atoms with van der Waals surface area (Å²) >= 11 is 0. The van der Waals surface area contributed by atoms with E-state index in [0.717, 1.165) is 26.1 Å². The molecular formula is C21H22N2O. The minimum Gasteiger partial charge on any atom is -0.338 e. The van der Waals surface area contributed by atoms with E-state index in [0.29, 0.717) is 11.9 Å². The van der Waals surface area contributed by atoms with E-state index in [4.69, 9.17) is 0 Å². The van der Waals surface area contributed by atoms with Gasteiger partial charge in [-0.15, -0.1) is 0 Å². The number of carbonyl (C=O) groups excluding carboxylic acids is 1. The molecule has 1 atom stereocenters. The Bertz CT molecular complexity index is 748. The topological polar surface area (TPSA) is 23.6 Å². The molecule has 1 amide bonds. The zero-order chi connectivity index (χ0) is 16.1. The van der Waals surface area contributed by atoms with Gasteiger partial charge in [0.1, 0.15) is 0 Å². The van der Waals surface area contributed by atoms with Crippen molar-refractivity contribution in [3.05, 3.63) is 59.7 Å². The van der Waals surface area contributed by atoms with Crippen molar-refractivity contribution in [2.24, 2.45) is 0 Å². The maximum Gasteiger partial charge on any atom is 0.240 e. The number of fused-ring (bicyclic) bond motifs is 3. The summed E-state index contributed by atoms with van der Waals surface area (Å²) in [6.07, 6.45) is 3.37. The monoisotopic (exact) mass is 318 g/mol. The molecule has 1 saturated heterocycles. The fraction of sp³-hybridized carbons (Fsp3) is 0.381. The smallest absolute Gasteiger partial charge is 0.240 e. The van der Waals surface area contributed by atoms with Crippen LogP contribution in [0.2, 0.25) is 0 Å². The van der Waals surface area contributed by atoms with Gasteiger partial charge in [-0.25, -0.2) is 0 Å². The number of amides is 1. The molecule has 2 aromatic rings. The molecule has 3 nitrogen and oxygen atoms in total. The SMILES string of the molecule is O=C1[C@@H](N2Cc3ccccc3-c3ccccc3C2)CCN1C1CC1. The quantitative estimate of drug-likeness (QED) is 0.847. The summed E-state index contributed by atoms with van der Waals surface area (Å²) in [5.41, 5.74) is 5.31. The fourth-order valence-electron chi connectivity index (χ4n) is 4.33. The van der Waals surface area contributed by atoms with Gasteiger partial charge in [0.05, 0.1) is 6.04 Å². The summed E-state index contributed by atoms with van der Waals surface area (Å²) in [6.45, 7) is 2.66. The van der Waals surface area contributed by atoms with E-state index in [1.165, 1.54) is 35.1 Å². The summed E-state index contributed by atoms with van der Waals surface area (Å²) < 4.78 is 0. The Morgan fingerprint density at radius 2 is 1.38 bits per heavy atom. The number of hydrogen-bond acceptors (Lipinski definition) is 2. The van der Waals surface area contributed by atoms with E-state index in [1.54, 1.807) is 0 Å². The molecule has 3 aliphatic rings. The Balaban J connectivity index is 1.52. The van der Waals surface area contributed by atoms with Crippen molar-refractivity contribution in [1.82, 2.24) is 9.80 Å². The van der Waals surface area contributed by atoms with Crippen molar-refractivity contribution >= 4 is 5.91 Å². The van der Waals surface area contributed by atoms with Gasteiger partial charge in [-0.05, 0) is 41.5 Å². The predicted octanol–water partition coefficient (Wildman–Crippen LogP) is 3.43. The molecule has 2 fully saturated rings. The Morgan fingerprint density at radius 3 is 1.96 bits per heavy atom. The third kappa shape index (κ3) is 2.27. The zero-order valence-corrected chi connectivity index (χ0v) is 13.8. The highest BCUT2D eigenvalue weighted by atomic mass is 16.2. The highest BCUT2D eigenvalue weighted by Crippen LogP contribution is 2.36. The average Bonchev–Trinajstić information content (AvgIpc) is 3.40. The Kier molecular flexibility index (Phi) is 3.23. The van der Waals surface area contributed by atoms with Crippen LogP contribution in [0.5, 0.6) is 0 Å². The zero-order valence-electron chi connectivity index (χ0n) is 13.8. The molecule has 5 rings (SSSR count). The van der Waals surface area contributed by atoms with Gasteiger partial charge >= 0.3 is 0 Å². The highest BCUT2D eigenvalue weighted by molar-refractivity contribution is 5.85. The van der Waals surface area contributed by atoms with Crippen molar-refractivity contribution in [3.8, 4) is 11.1 Å². The molecule has 24 heavy (non-hydrogen) atoms. The molecule has 0 unspecified atom stereocenters. The van der Waals surface area contributed by atoms with Crippen LogP contribution in [0.4, 0.5) is 0 Å². The van der Waals surface area contributed by atoms with Gasteiger partial charge in [0.2, 0.25) is 5.91 Å². The summed E-state index contributed by atoms with van der Waals surface area (Å²) in [5.74, 6) is 0.356. The lowest BCUT2D eigenvalue weighted by Crippen LogP contribution is -2.41. The number of likely N-dealkylation sites (tertiary alicyclic amines) is 1. The van der Waals surface area contributed by atoms with Crippen molar-refractivity contribution < 1.29 is 4.79 Å². The van der Waals surface area contributed by atoms with Crippen molar-refractivity contribution in [2.75, 3.05) is 6.54 Å². The van der Waals surface area contributed by atoms with Crippen LogP contribution >= 0.6 is 0 Å². The minimum atomic E-state index is 0.0461. The summed E-state index contributed by atoms with van der Waals surface area (Å²) in [5, 5.41) is 0. The predicted molar refractivity (Wildman–Crippen MR) is 94.3 cm³/mol. The van der Waals surface area contributed by atoms with Gasteiger partial charge in [-0.3, -0.25) is 9.69 Å². The highest BCUT2D eigenvalue weighted by Gasteiger charge is 2.43. The summed E-state index contributed by atoms with van der Waals surface area (Å²) in [4.78, 5) is 17.4. The van der Waals surface area contributed by atoms with E-state index in [1.807, 2.05) is 0 Å². The Morgan fingerprint density at radius 1 is 0.792 bits per heavy atom. The molecule has 1 saturated carbocycles. The lowest BCUT2D eigenvalue weighted by Gasteiger charge is -2.27. The lowest BCUT2D eigenvalue weighted by molar-refractivity contribution is -0.133. The van der Waals surface area contributed by atoms with Crippen LogP contribution in [0.1, 0.15) is 30.4 Å². The number of benzene rings is 2. The van der Waals surface area contributed by atoms with Crippen molar-refractivity contribution in [2.45, 2.75) is 44.4 Å².